The van der Waals surface area contributed by atoms with E-state index in [9.17, 15) is 9.90 Å². The van der Waals surface area contributed by atoms with Crippen molar-refractivity contribution < 1.29 is 5.11 Å². The molecule has 0 fully saturated rings. The summed E-state index contributed by atoms with van der Waals surface area (Å²) in [5, 5.41) is 10.4. The fraction of sp³-hybridized carbons (Fsp3) is 0. The smallest absolute Gasteiger partial charge is 0.263 e. The Kier molecular flexibility index (Phi) is 3.25. The molecule has 0 bridgehead atoms. The van der Waals surface area contributed by atoms with Crippen molar-refractivity contribution in [2.75, 3.05) is 0 Å². The summed E-state index contributed by atoms with van der Waals surface area (Å²) < 4.78 is 0. The van der Waals surface area contributed by atoms with Gasteiger partial charge in [-0.2, -0.15) is 4.98 Å². The van der Waals surface area contributed by atoms with Crippen molar-refractivity contribution in [1.82, 2.24) is 15.0 Å². The minimum absolute atomic E-state index is 0.0591. The molecular formula is C13H8ClN3O2S. The third-order valence-electron chi connectivity index (χ3n) is 2.71. The van der Waals surface area contributed by atoms with Crippen LogP contribution < -0.4 is 5.56 Å². The van der Waals surface area contributed by atoms with Crippen LogP contribution in [0.4, 0.5) is 0 Å². The van der Waals surface area contributed by atoms with Crippen LogP contribution in [0.1, 0.15) is 0 Å². The molecule has 0 radical (unpaired) electrons. The van der Waals surface area contributed by atoms with Gasteiger partial charge in [-0.25, -0.2) is 0 Å². The Bertz CT molecular complexity index is 815. The van der Waals surface area contributed by atoms with Crippen LogP contribution in [-0.4, -0.2) is 20.1 Å². The molecule has 2 heterocycles. The molecule has 5 nitrogen and oxygen atoms in total. The first-order valence-corrected chi connectivity index (χ1v) is 6.89. The number of halogens is 1. The van der Waals surface area contributed by atoms with Crippen molar-refractivity contribution >= 4 is 22.9 Å². The van der Waals surface area contributed by atoms with Gasteiger partial charge in [0.1, 0.15) is 5.56 Å². The van der Waals surface area contributed by atoms with Crippen molar-refractivity contribution in [3.05, 3.63) is 51.3 Å². The third kappa shape index (κ3) is 2.19. The molecule has 0 aliphatic heterocycles. The third-order valence-corrected chi connectivity index (χ3v) is 3.82. The highest BCUT2D eigenvalue weighted by Gasteiger charge is 2.16. The SMILES string of the molecule is O=c1[nH]c(-c2cncs2)nc(O)c1-c1ccccc1Cl. The average molecular weight is 306 g/mol. The van der Waals surface area contributed by atoms with Crippen LogP contribution in [-0.2, 0) is 0 Å². The summed E-state index contributed by atoms with van der Waals surface area (Å²) >= 11 is 7.36. The summed E-state index contributed by atoms with van der Waals surface area (Å²) in [5.74, 6) is -0.0731. The maximum atomic E-state index is 12.2. The number of aromatic amines is 1. The van der Waals surface area contributed by atoms with Crippen LogP contribution in [0.3, 0.4) is 0 Å². The molecule has 0 aliphatic rings. The van der Waals surface area contributed by atoms with Gasteiger partial charge in [-0.3, -0.25) is 9.78 Å². The van der Waals surface area contributed by atoms with Gasteiger partial charge in [0.15, 0.2) is 5.82 Å². The molecule has 0 amide bonds. The van der Waals surface area contributed by atoms with Gasteiger partial charge < -0.3 is 10.1 Å². The number of benzene rings is 1. The van der Waals surface area contributed by atoms with E-state index in [1.807, 2.05) is 0 Å². The van der Waals surface area contributed by atoms with Crippen molar-refractivity contribution in [3.63, 3.8) is 0 Å². The van der Waals surface area contributed by atoms with E-state index in [0.717, 1.165) is 0 Å². The number of aromatic nitrogens is 3. The molecule has 0 unspecified atom stereocenters. The van der Waals surface area contributed by atoms with Crippen LogP contribution in [0.2, 0.25) is 5.02 Å². The number of nitrogens with zero attached hydrogens (tertiary/aromatic N) is 2. The predicted molar refractivity (Wildman–Crippen MR) is 78.1 cm³/mol. The molecule has 100 valence electrons. The minimum atomic E-state index is -0.450. The second-order valence-corrected chi connectivity index (χ2v) is 5.25. The molecule has 0 aliphatic carbocycles. The molecule has 0 saturated carbocycles. The Morgan fingerprint density at radius 1 is 1.30 bits per heavy atom. The first-order valence-electron chi connectivity index (χ1n) is 5.64. The highest BCUT2D eigenvalue weighted by atomic mass is 35.5. The van der Waals surface area contributed by atoms with Crippen molar-refractivity contribution in [2.24, 2.45) is 0 Å². The van der Waals surface area contributed by atoms with Crippen LogP contribution in [0, 0.1) is 0 Å². The summed E-state index contributed by atoms with van der Waals surface area (Å²) in [6.07, 6.45) is 1.57. The number of H-pyrrole nitrogens is 1. The van der Waals surface area contributed by atoms with Gasteiger partial charge in [0, 0.05) is 16.8 Å². The largest absolute Gasteiger partial charge is 0.493 e. The van der Waals surface area contributed by atoms with E-state index in [0.29, 0.717) is 15.5 Å². The van der Waals surface area contributed by atoms with Crippen LogP contribution in [0.5, 0.6) is 5.88 Å². The normalized spacial score (nSPS) is 10.7. The number of thiazole rings is 1. The summed E-state index contributed by atoms with van der Waals surface area (Å²) in [6, 6.07) is 6.78. The fourth-order valence-corrected chi connectivity index (χ4v) is 2.61. The standard InChI is InChI=1S/C13H8ClN3O2S/c14-8-4-2-1-3-7(8)10-12(18)16-11(17-13(10)19)9-5-15-6-20-9/h1-6H,(H2,16,17,18,19). The topological polar surface area (TPSA) is 78.9 Å². The van der Waals surface area contributed by atoms with Crippen molar-refractivity contribution in [1.29, 1.82) is 0 Å². The van der Waals surface area contributed by atoms with E-state index in [4.69, 9.17) is 11.6 Å². The average Bonchev–Trinajstić information content (AvgIpc) is 2.94. The van der Waals surface area contributed by atoms with E-state index < -0.39 is 5.56 Å². The number of hydrogen-bond acceptors (Lipinski definition) is 5. The first kappa shape index (κ1) is 12.8. The van der Waals surface area contributed by atoms with Gasteiger partial charge in [0.25, 0.3) is 5.56 Å². The quantitative estimate of drug-likeness (QED) is 0.763. The zero-order valence-electron chi connectivity index (χ0n) is 10.0. The monoisotopic (exact) mass is 305 g/mol. The molecule has 7 heteroatoms. The number of rotatable bonds is 2. The Balaban J connectivity index is 2.20. The lowest BCUT2D eigenvalue weighted by Gasteiger charge is -2.06. The molecule has 3 rings (SSSR count). The molecule has 20 heavy (non-hydrogen) atoms. The summed E-state index contributed by atoms with van der Waals surface area (Å²) in [5.41, 5.74) is 1.67. The number of hydrogen-bond donors (Lipinski definition) is 2. The van der Waals surface area contributed by atoms with Gasteiger partial charge >= 0.3 is 0 Å². The second-order valence-electron chi connectivity index (χ2n) is 3.96. The molecule has 3 aromatic rings. The lowest BCUT2D eigenvalue weighted by Crippen LogP contribution is -2.12. The van der Waals surface area contributed by atoms with E-state index in [1.165, 1.54) is 11.3 Å². The zero-order valence-corrected chi connectivity index (χ0v) is 11.6. The van der Waals surface area contributed by atoms with Crippen LogP contribution in [0.15, 0.2) is 40.8 Å². The molecule has 0 spiro atoms. The Hall–Kier alpha value is -2.18. The molecule has 0 atom stereocenters. The zero-order chi connectivity index (χ0) is 14.1. The molecule has 0 saturated heterocycles. The van der Waals surface area contributed by atoms with E-state index in [2.05, 4.69) is 15.0 Å². The van der Waals surface area contributed by atoms with Crippen LogP contribution in [0.25, 0.3) is 21.8 Å². The molecule has 1 aromatic carbocycles. The summed E-state index contributed by atoms with van der Waals surface area (Å²) in [7, 11) is 0. The van der Waals surface area contributed by atoms with Crippen molar-refractivity contribution in [2.45, 2.75) is 0 Å². The van der Waals surface area contributed by atoms with E-state index >= 15 is 0 Å². The highest BCUT2D eigenvalue weighted by Crippen LogP contribution is 2.31. The molecular weight excluding hydrogens is 298 g/mol. The Labute approximate surface area is 122 Å². The van der Waals surface area contributed by atoms with Crippen molar-refractivity contribution in [3.8, 4) is 27.7 Å². The predicted octanol–water partition coefficient (Wildman–Crippen LogP) is 2.92. The maximum absolute atomic E-state index is 12.2. The van der Waals surface area contributed by atoms with E-state index in [1.54, 1.807) is 36.0 Å². The Morgan fingerprint density at radius 3 is 2.75 bits per heavy atom. The first-order chi connectivity index (χ1) is 9.66. The summed E-state index contributed by atoms with van der Waals surface area (Å²) in [4.78, 5) is 23.4. The van der Waals surface area contributed by atoms with E-state index in [-0.39, 0.29) is 17.3 Å². The van der Waals surface area contributed by atoms with Gasteiger partial charge in [0.05, 0.1) is 10.4 Å². The Morgan fingerprint density at radius 2 is 2.10 bits per heavy atom. The molecule has 2 aromatic heterocycles. The van der Waals surface area contributed by atoms with Crippen LogP contribution >= 0.6 is 22.9 Å². The number of nitrogens with one attached hydrogen (secondary N) is 1. The fourth-order valence-electron chi connectivity index (χ4n) is 1.82. The highest BCUT2D eigenvalue weighted by molar-refractivity contribution is 7.13. The van der Waals surface area contributed by atoms with Gasteiger partial charge in [0.2, 0.25) is 5.88 Å². The van der Waals surface area contributed by atoms with Gasteiger partial charge in [-0.05, 0) is 6.07 Å². The lowest BCUT2D eigenvalue weighted by atomic mass is 10.1. The van der Waals surface area contributed by atoms with Gasteiger partial charge in [-0.1, -0.05) is 29.8 Å². The molecule has 2 N–H and O–H groups in total. The lowest BCUT2D eigenvalue weighted by molar-refractivity contribution is 0.454. The second kappa shape index (κ2) is 5.07. The minimum Gasteiger partial charge on any atom is -0.493 e. The van der Waals surface area contributed by atoms with Gasteiger partial charge in [-0.15, -0.1) is 11.3 Å². The number of aromatic hydroxyl groups is 1. The maximum Gasteiger partial charge on any atom is 0.263 e. The summed E-state index contributed by atoms with van der Waals surface area (Å²) in [6.45, 7) is 0.